The van der Waals surface area contributed by atoms with Gasteiger partial charge in [0.15, 0.2) is 6.54 Å². The molecule has 1 rings (SSSR count). The highest BCUT2D eigenvalue weighted by Gasteiger charge is 2.13. The first-order valence-corrected chi connectivity index (χ1v) is 7.25. The zero-order chi connectivity index (χ0) is 13.5. The minimum atomic E-state index is -0.436. The Morgan fingerprint density at radius 1 is 1.44 bits per heavy atom. The van der Waals surface area contributed by atoms with Gasteiger partial charge in [0, 0.05) is 6.54 Å². The van der Waals surface area contributed by atoms with Crippen LogP contribution < -0.4 is 15.5 Å². The van der Waals surface area contributed by atoms with E-state index in [1.165, 1.54) is 4.88 Å². The molecular formula is C11H17BrN3O2S+. The number of likely N-dealkylation sites (N-methyl/N-ethyl adjacent to an activating group) is 1. The summed E-state index contributed by atoms with van der Waals surface area (Å²) in [7, 11) is 1.92. The molecule has 0 saturated heterocycles. The minimum Gasteiger partial charge on any atom is -0.338 e. The van der Waals surface area contributed by atoms with Gasteiger partial charge in [0.25, 0.3) is 5.91 Å². The van der Waals surface area contributed by atoms with Crippen LogP contribution in [0.25, 0.3) is 0 Å². The van der Waals surface area contributed by atoms with E-state index in [1.54, 1.807) is 18.3 Å². The first-order chi connectivity index (χ1) is 8.51. The van der Waals surface area contributed by atoms with E-state index < -0.39 is 6.03 Å². The highest BCUT2D eigenvalue weighted by atomic mass is 79.9. The molecule has 0 aliphatic rings. The van der Waals surface area contributed by atoms with E-state index >= 15 is 0 Å². The molecule has 0 radical (unpaired) electrons. The summed E-state index contributed by atoms with van der Waals surface area (Å²) in [5.41, 5.74) is 0. The molecule has 18 heavy (non-hydrogen) atoms. The maximum Gasteiger partial charge on any atom is 0.321 e. The van der Waals surface area contributed by atoms with Crippen LogP contribution >= 0.6 is 27.3 Å². The highest BCUT2D eigenvalue weighted by Crippen LogP contribution is 2.20. The third kappa shape index (κ3) is 5.61. The number of carbonyl (C=O) groups excluding carboxylic acids is 2. The van der Waals surface area contributed by atoms with E-state index in [-0.39, 0.29) is 12.5 Å². The molecule has 0 aliphatic carbocycles. The number of hydrogen-bond acceptors (Lipinski definition) is 3. The summed E-state index contributed by atoms with van der Waals surface area (Å²) in [6, 6.07) is 3.58. The number of nitrogens with one attached hydrogen (secondary N) is 3. The molecule has 5 nitrogen and oxygen atoms in total. The Bertz CT molecular complexity index is 422. The van der Waals surface area contributed by atoms with E-state index in [0.717, 1.165) is 15.2 Å². The fourth-order valence-electron chi connectivity index (χ4n) is 1.46. The molecule has 0 bridgehead atoms. The second kappa shape index (κ2) is 7.50. The third-order valence-corrected chi connectivity index (χ3v) is 3.78. The fraction of sp³-hybridized carbons (Fsp3) is 0.455. The van der Waals surface area contributed by atoms with Crippen LogP contribution in [0.3, 0.4) is 0 Å². The summed E-state index contributed by atoms with van der Waals surface area (Å²) < 4.78 is 1.08. The summed E-state index contributed by atoms with van der Waals surface area (Å²) in [6.07, 6.45) is 0. The minimum absolute atomic E-state index is 0.269. The lowest BCUT2D eigenvalue weighted by atomic mass is 10.4. The lowest BCUT2D eigenvalue weighted by Crippen LogP contribution is -3.08. The molecule has 1 heterocycles. The fourth-order valence-corrected chi connectivity index (χ4v) is 3.05. The lowest BCUT2D eigenvalue weighted by Gasteiger charge is -2.12. The molecule has 0 aromatic carbocycles. The number of rotatable bonds is 5. The number of carbonyl (C=O) groups is 2. The largest absolute Gasteiger partial charge is 0.338 e. The van der Waals surface area contributed by atoms with Crippen molar-refractivity contribution in [3.8, 4) is 0 Å². The van der Waals surface area contributed by atoms with Crippen molar-refractivity contribution >= 4 is 39.2 Å². The first-order valence-electron chi connectivity index (χ1n) is 5.64. The summed E-state index contributed by atoms with van der Waals surface area (Å²) in [5.74, 6) is -0.269. The van der Waals surface area contributed by atoms with Crippen LogP contribution in [-0.2, 0) is 11.3 Å². The molecule has 0 spiro atoms. The van der Waals surface area contributed by atoms with Crippen molar-refractivity contribution in [1.82, 2.24) is 10.6 Å². The van der Waals surface area contributed by atoms with Gasteiger partial charge >= 0.3 is 6.03 Å². The van der Waals surface area contributed by atoms with Gasteiger partial charge in [-0.2, -0.15) is 0 Å². The number of urea groups is 1. The standard InChI is InChI=1S/C11H16BrN3O2S/c1-3-13-11(17)14-10(16)7-15(2)6-8-4-5-9(12)18-8/h4-5H,3,6-7H2,1-2H3,(H2,13,14,16,17)/p+1. The van der Waals surface area contributed by atoms with Crippen LogP contribution in [0.2, 0.25) is 0 Å². The monoisotopic (exact) mass is 334 g/mol. The zero-order valence-electron chi connectivity index (χ0n) is 10.4. The van der Waals surface area contributed by atoms with Crippen molar-refractivity contribution in [1.29, 1.82) is 0 Å². The number of thiophene rings is 1. The van der Waals surface area contributed by atoms with Crippen LogP contribution in [-0.4, -0.2) is 32.1 Å². The van der Waals surface area contributed by atoms with E-state index in [9.17, 15) is 9.59 Å². The van der Waals surface area contributed by atoms with Crippen LogP contribution in [0.1, 0.15) is 11.8 Å². The number of hydrogen-bond donors (Lipinski definition) is 3. The quantitative estimate of drug-likeness (QED) is 0.728. The summed E-state index contributed by atoms with van der Waals surface area (Å²) in [6.45, 7) is 3.34. The van der Waals surface area contributed by atoms with Gasteiger partial charge in [-0.1, -0.05) is 0 Å². The SMILES string of the molecule is CCNC(=O)NC(=O)C[NH+](C)Cc1ccc(Br)s1. The van der Waals surface area contributed by atoms with Gasteiger partial charge in [0.2, 0.25) is 0 Å². The van der Waals surface area contributed by atoms with Crippen molar-refractivity contribution in [2.45, 2.75) is 13.5 Å². The molecule has 1 unspecified atom stereocenters. The van der Waals surface area contributed by atoms with Crippen LogP contribution in [0, 0.1) is 0 Å². The molecule has 100 valence electrons. The third-order valence-electron chi connectivity index (χ3n) is 2.16. The predicted octanol–water partition coefficient (Wildman–Crippen LogP) is 0.371. The zero-order valence-corrected chi connectivity index (χ0v) is 12.8. The Morgan fingerprint density at radius 2 is 2.17 bits per heavy atom. The number of amides is 3. The van der Waals surface area contributed by atoms with Crippen molar-refractivity contribution in [3.05, 3.63) is 20.8 Å². The van der Waals surface area contributed by atoms with Gasteiger partial charge < -0.3 is 10.2 Å². The van der Waals surface area contributed by atoms with Crippen molar-refractivity contribution in [3.63, 3.8) is 0 Å². The molecule has 3 N–H and O–H groups in total. The van der Waals surface area contributed by atoms with E-state index in [0.29, 0.717) is 6.54 Å². The molecule has 7 heteroatoms. The van der Waals surface area contributed by atoms with E-state index in [4.69, 9.17) is 0 Å². The molecule has 1 aromatic heterocycles. The average molecular weight is 335 g/mol. The van der Waals surface area contributed by atoms with E-state index in [1.807, 2.05) is 19.2 Å². The van der Waals surface area contributed by atoms with Gasteiger partial charge in [0.1, 0.15) is 6.54 Å². The van der Waals surface area contributed by atoms with Crippen LogP contribution in [0.15, 0.2) is 15.9 Å². The Labute approximate surface area is 119 Å². The maximum absolute atomic E-state index is 11.5. The Balaban J connectivity index is 2.33. The Hall–Kier alpha value is -0.920. The first kappa shape index (κ1) is 15.1. The summed E-state index contributed by atoms with van der Waals surface area (Å²) in [5, 5.41) is 4.81. The molecule has 0 saturated carbocycles. The Morgan fingerprint density at radius 3 is 2.72 bits per heavy atom. The van der Waals surface area contributed by atoms with Crippen molar-refractivity contribution in [2.24, 2.45) is 0 Å². The molecule has 1 aromatic rings. The van der Waals surface area contributed by atoms with E-state index in [2.05, 4.69) is 26.6 Å². The van der Waals surface area contributed by atoms with Gasteiger partial charge in [-0.3, -0.25) is 10.1 Å². The van der Waals surface area contributed by atoms with Gasteiger partial charge in [0.05, 0.1) is 15.7 Å². The molecule has 3 amide bonds. The van der Waals surface area contributed by atoms with Crippen LogP contribution in [0.5, 0.6) is 0 Å². The normalized spacial score (nSPS) is 11.9. The van der Waals surface area contributed by atoms with Gasteiger partial charge in [-0.15, -0.1) is 11.3 Å². The highest BCUT2D eigenvalue weighted by molar-refractivity contribution is 9.11. The lowest BCUT2D eigenvalue weighted by molar-refractivity contribution is -0.885. The molecule has 0 fully saturated rings. The maximum atomic E-state index is 11.5. The number of halogens is 1. The number of quaternary nitrogens is 1. The smallest absolute Gasteiger partial charge is 0.321 e. The average Bonchev–Trinajstić information content (AvgIpc) is 2.63. The molecular weight excluding hydrogens is 318 g/mol. The van der Waals surface area contributed by atoms with Gasteiger partial charge in [-0.05, 0) is 35.0 Å². The molecule has 0 aliphatic heterocycles. The van der Waals surface area contributed by atoms with Crippen LogP contribution in [0.4, 0.5) is 4.79 Å². The summed E-state index contributed by atoms with van der Waals surface area (Å²) in [4.78, 5) is 24.9. The predicted molar refractivity (Wildman–Crippen MR) is 74.7 cm³/mol. The summed E-state index contributed by atoms with van der Waals surface area (Å²) >= 11 is 5.05. The number of imide groups is 1. The molecule has 1 atom stereocenters. The Kier molecular flexibility index (Phi) is 6.31. The van der Waals surface area contributed by atoms with Crippen molar-refractivity contribution in [2.75, 3.05) is 20.1 Å². The topological polar surface area (TPSA) is 62.6 Å². The second-order valence-corrected chi connectivity index (χ2v) is 6.47. The van der Waals surface area contributed by atoms with Gasteiger partial charge in [-0.25, -0.2) is 4.79 Å². The van der Waals surface area contributed by atoms with Crippen molar-refractivity contribution < 1.29 is 14.5 Å². The second-order valence-electron chi connectivity index (χ2n) is 3.92.